The van der Waals surface area contributed by atoms with Crippen LogP contribution < -0.4 is 15.2 Å². The Hall–Kier alpha value is -3.02. The minimum Gasteiger partial charge on any atom is -0.504 e. The van der Waals surface area contributed by atoms with E-state index in [4.69, 9.17) is 15.2 Å². The Morgan fingerprint density at radius 1 is 1.08 bits per heavy atom. The Morgan fingerprint density at radius 3 is 2.16 bits per heavy atom. The average molecular weight is 341 g/mol. The van der Waals surface area contributed by atoms with Gasteiger partial charge in [0.05, 0.1) is 12.8 Å². The number of rotatable bonds is 6. The van der Waals surface area contributed by atoms with E-state index in [1.54, 1.807) is 0 Å². The maximum atomic E-state index is 11.3. The Bertz CT molecular complexity index is 846. The fourth-order valence-electron chi connectivity index (χ4n) is 2.72. The maximum Gasteiger partial charge on any atom is 0.165 e. The van der Waals surface area contributed by atoms with Crippen molar-refractivity contribution in [3.8, 4) is 28.4 Å². The van der Waals surface area contributed by atoms with Crippen molar-refractivity contribution in [1.29, 1.82) is 0 Å². The first-order chi connectivity index (χ1) is 12.0. The molecule has 0 aromatic heterocycles. The molecule has 130 valence electrons. The molecule has 1 unspecified atom stereocenters. The fourth-order valence-corrected chi connectivity index (χ4v) is 2.72. The largest absolute Gasteiger partial charge is 0.504 e. The Labute approximate surface area is 145 Å². The normalized spacial score (nSPS) is 18.5. The van der Waals surface area contributed by atoms with Crippen LogP contribution in [0.3, 0.4) is 0 Å². The topological polar surface area (TPSA) is 98.9 Å². The van der Waals surface area contributed by atoms with Crippen LogP contribution in [0.25, 0.3) is 11.1 Å². The van der Waals surface area contributed by atoms with E-state index < -0.39 is 0 Å². The van der Waals surface area contributed by atoms with Gasteiger partial charge in [0.15, 0.2) is 11.5 Å². The number of nitrogen functional groups attached to an aromatic ring is 1. The quantitative estimate of drug-likeness (QED) is 0.619. The number of ether oxygens (including phenoxy) is 2. The molecular weight excluding hydrogens is 322 g/mol. The number of methoxy groups -OCH3 is 1. The molecule has 0 spiro atoms. The summed E-state index contributed by atoms with van der Waals surface area (Å²) in [7, 11) is 1.44. The molecule has 2 aromatic rings. The maximum absolute atomic E-state index is 11.3. The third-order valence-electron chi connectivity index (χ3n) is 4.36. The van der Waals surface area contributed by atoms with Gasteiger partial charge in [0.1, 0.15) is 24.4 Å². The van der Waals surface area contributed by atoms with Gasteiger partial charge in [-0.25, -0.2) is 0 Å². The van der Waals surface area contributed by atoms with Crippen LogP contribution in [0.4, 0.5) is 5.69 Å². The van der Waals surface area contributed by atoms with Gasteiger partial charge >= 0.3 is 0 Å². The van der Waals surface area contributed by atoms with Crippen molar-refractivity contribution in [2.24, 2.45) is 5.92 Å². The Balaban J connectivity index is 2.17. The van der Waals surface area contributed by atoms with Gasteiger partial charge in [-0.1, -0.05) is 6.92 Å². The predicted molar refractivity (Wildman–Crippen MR) is 93.5 cm³/mol. The number of aldehydes is 2. The molecule has 6 heteroatoms. The molecular formula is C19H19NO5. The molecule has 1 saturated carbocycles. The lowest BCUT2D eigenvalue weighted by Gasteiger charge is -2.16. The highest BCUT2D eigenvalue weighted by molar-refractivity contribution is 5.92. The highest BCUT2D eigenvalue weighted by Crippen LogP contribution is 2.45. The van der Waals surface area contributed by atoms with Crippen LogP contribution in [0.1, 0.15) is 34.1 Å². The monoisotopic (exact) mass is 341 g/mol. The zero-order valence-electron chi connectivity index (χ0n) is 14.0. The Kier molecular flexibility index (Phi) is 4.35. The summed E-state index contributed by atoms with van der Waals surface area (Å²) in [5, 5.41) is 10.7. The van der Waals surface area contributed by atoms with E-state index in [1.165, 1.54) is 31.4 Å². The number of carbonyl (C=O) groups is 2. The summed E-state index contributed by atoms with van der Waals surface area (Å²) < 4.78 is 11.0. The second-order valence-corrected chi connectivity index (χ2v) is 6.20. The van der Waals surface area contributed by atoms with E-state index >= 15 is 0 Å². The van der Waals surface area contributed by atoms with Crippen LogP contribution in [0, 0.1) is 5.92 Å². The van der Waals surface area contributed by atoms with E-state index in [0.717, 1.165) is 6.42 Å². The summed E-state index contributed by atoms with van der Waals surface area (Å²) in [4.78, 5) is 22.5. The van der Waals surface area contributed by atoms with Crippen molar-refractivity contribution in [3.05, 3.63) is 35.4 Å². The number of phenols is 1. The van der Waals surface area contributed by atoms with Crippen molar-refractivity contribution < 1.29 is 24.2 Å². The Morgan fingerprint density at radius 2 is 1.64 bits per heavy atom. The molecule has 25 heavy (non-hydrogen) atoms. The molecule has 6 nitrogen and oxygen atoms in total. The molecule has 1 aliphatic rings. The summed E-state index contributed by atoms with van der Waals surface area (Å²) in [6, 6.07) is 6.05. The van der Waals surface area contributed by atoms with Gasteiger partial charge in [-0.15, -0.1) is 0 Å². The van der Waals surface area contributed by atoms with Gasteiger partial charge in [-0.3, -0.25) is 9.59 Å². The van der Waals surface area contributed by atoms with Gasteiger partial charge < -0.3 is 20.3 Å². The van der Waals surface area contributed by atoms with Crippen LogP contribution >= 0.6 is 0 Å². The number of nitrogens with two attached hydrogens (primary N) is 1. The molecule has 3 N–H and O–H groups in total. The van der Waals surface area contributed by atoms with E-state index in [-0.39, 0.29) is 23.3 Å². The smallest absolute Gasteiger partial charge is 0.165 e. The van der Waals surface area contributed by atoms with Crippen molar-refractivity contribution in [1.82, 2.24) is 0 Å². The highest BCUT2D eigenvalue weighted by atomic mass is 16.5. The zero-order valence-corrected chi connectivity index (χ0v) is 14.0. The third kappa shape index (κ3) is 3.15. The van der Waals surface area contributed by atoms with Crippen LogP contribution in [-0.2, 0) is 0 Å². The lowest BCUT2D eigenvalue weighted by Crippen LogP contribution is -2.02. The summed E-state index contributed by atoms with van der Waals surface area (Å²) in [5.74, 6) is 0.824. The minimum absolute atomic E-state index is 0.0221. The van der Waals surface area contributed by atoms with Crippen LogP contribution in [-0.4, -0.2) is 30.9 Å². The average Bonchev–Trinajstić information content (AvgIpc) is 3.31. The lowest BCUT2D eigenvalue weighted by atomic mass is 9.97. The van der Waals surface area contributed by atoms with Gasteiger partial charge in [0, 0.05) is 22.3 Å². The number of anilines is 1. The first kappa shape index (κ1) is 16.8. The molecule has 1 fully saturated rings. The number of aromatic hydroxyl groups is 1. The predicted octanol–water partition coefficient (Wildman–Crippen LogP) is 3.06. The molecule has 0 heterocycles. The molecule has 0 saturated heterocycles. The third-order valence-corrected chi connectivity index (χ3v) is 4.36. The van der Waals surface area contributed by atoms with E-state index in [1.807, 2.05) is 6.92 Å². The molecule has 0 bridgehead atoms. The number of hydrogen-bond acceptors (Lipinski definition) is 6. The second-order valence-electron chi connectivity index (χ2n) is 6.20. The van der Waals surface area contributed by atoms with E-state index in [0.29, 0.717) is 46.5 Å². The first-order valence-electron chi connectivity index (χ1n) is 7.90. The number of phenolic OH excluding ortho intramolecular Hbond substituents is 1. The van der Waals surface area contributed by atoms with Gasteiger partial charge in [0.25, 0.3) is 0 Å². The summed E-state index contributed by atoms with van der Waals surface area (Å²) >= 11 is 0. The molecule has 1 aliphatic carbocycles. The molecule has 2 atom stereocenters. The van der Waals surface area contributed by atoms with Crippen molar-refractivity contribution >= 4 is 18.3 Å². The standard InChI is InChI=1S/C19H19NO5/c1-10-3-15(10)25-17-7-12(9-22)5-14(19(17)23)13-4-11(8-21)6-16(24-2)18(13)20/h4-10,15,23H,3,20H2,1-2H3/t10?,15-/m0/s1. The highest BCUT2D eigenvalue weighted by Gasteiger charge is 2.36. The molecule has 3 rings (SSSR count). The van der Waals surface area contributed by atoms with Crippen LogP contribution in [0.5, 0.6) is 17.2 Å². The molecule has 0 amide bonds. The summed E-state index contributed by atoms with van der Waals surface area (Å²) in [5.41, 5.74) is 7.77. The molecule has 0 radical (unpaired) electrons. The minimum atomic E-state index is -0.124. The summed E-state index contributed by atoms with van der Waals surface area (Å²) in [6.45, 7) is 2.04. The van der Waals surface area contributed by atoms with Crippen molar-refractivity contribution in [3.63, 3.8) is 0 Å². The first-order valence-corrected chi connectivity index (χ1v) is 7.90. The zero-order chi connectivity index (χ0) is 18.1. The van der Waals surface area contributed by atoms with Crippen LogP contribution in [0.2, 0.25) is 0 Å². The van der Waals surface area contributed by atoms with Gasteiger partial charge in [0.2, 0.25) is 0 Å². The molecule has 0 aliphatic heterocycles. The van der Waals surface area contributed by atoms with Crippen LogP contribution in [0.15, 0.2) is 24.3 Å². The SMILES string of the molecule is COc1cc(C=O)cc(-c2cc(C=O)cc(O[C@H]3CC3C)c2O)c1N. The number of benzene rings is 2. The van der Waals surface area contributed by atoms with E-state index in [9.17, 15) is 14.7 Å². The number of carbonyl (C=O) groups excluding carboxylic acids is 2. The van der Waals surface area contributed by atoms with Gasteiger partial charge in [-0.2, -0.15) is 0 Å². The number of hydrogen-bond donors (Lipinski definition) is 2. The second kappa shape index (κ2) is 6.47. The van der Waals surface area contributed by atoms with Crippen molar-refractivity contribution in [2.45, 2.75) is 19.4 Å². The van der Waals surface area contributed by atoms with Crippen molar-refractivity contribution in [2.75, 3.05) is 12.8 Å². The van der Waals surface area contributed by atoms with Gasteiger partial charge in [-0.05, 0) is 36.6 Å². The molecule has 2 aromatic carbocycles. The lowest BCUT2D eigenvalue weighted by molar-refractivity contribution is 0.111. The fraction of sp³-hybridized carbons (Fsp3) is 0.263. The summed E-state index contributed by atoms with van der Waals surface area (Å²) in [6.07, 6.45) is 2.25. The van der Waals surface area contributed by atoms with E-state index in [2.05, 4.69) is 0 Å².